The molecular weight excluding hydrogens is 163 g/mol. The summed E-state index contributed by atoms with van der Waals surface area (Å²) in [6, 6.07) is 0. The van der Waals surface area contributed by atoms with Crippen LogP contribution in [0.5, 0.6) is 0 Å². The average Bonchev–Trinajstić information content (AvgIpc) is 1.94. The maximum atomic E-state index is 13.2. The molecule has 0 unspecified atom stereocenters. The van der Waals surface area contributed by atoms with E-state index in [1.165, 1.54) is 0 Å². The molecule has 0 aromatic carbocycles. The van der Waals surface area contributed by atoms with Crippen LogP contribution in [-0.4, -0.2) is 0 Å². The van der Waals surface area contributed by atoms with E-state index < -0.39 is 0 Å². The first-order chi connectivity index (χ1) is 5.13. The van der Waals surface area contributed by atoms with Crippen molar-refractivity contribution in [3.63, 3.8) is 0 Å². The van der Waals surface area contributed by atoms with Gasteiger partial charge < -0.3 is 0 Å². The van der Waals surface area contributed by atoms with Crippen molar-refractivity contribution >= 4 is 11.6 Å². The molecule has 0 radical (unpaired) electrons. The van der Waals surface area contributed by atoms with Crippen LogP contribution in [0.1, 0.15) is 26.7 Å². The lowest BCUT2D eigenvalue weighted by molar-refractivity contribution is 0.584. The van der Waals surface area contributed by atoms with Gasteiger partial charge in [0.2, 0.25) is 0 Å². The minimum atomic E-state index is -0.201. The smallest absolute Gasteiger partial charge is 0.140 e. The van der Waals surface area contributed by atoms with Gasteiger partial charge in [0.05, 0.1) is 5.03 Å². The fourth-order valence-electron chi connectivity index (χ4n) is 1.25. The average molecular weight is 175 g/mol. The Hall–Kier alpha value is -0.300. The van der Waals surface area contributed by atoms with E-state index in [1.54, 1.807) is 6.08 Å². The third kappa shape index (κ3) is 1.84. The zero-order valence-corrected chi connectivity index (χ0v) is 7.58. The molecule has 0 fully saturated rings. The largest absolute Gasteiger partial charge is 0.205 e. The van der Waals surface area contributed by atoms with Crippen molar-refractivity contribution in [2.24, 2.45) is 5.92 Å². The molecule has 0 nitrogen and oxygen atoms in total. The summed E-state index contributed by atoms with van der Waals surface area (Å²) in [4.78, 5) is 0. The molecule has 0 aromatic heterocycles. The van der Waals surface area contributed by atoms with Gasteiger partial charge in [-0.3, -0.25) is 0 Å². The quantitative estimate of drug-likeness (QED) is 0.568. The molecule has 1 aliphatic carbocycles. The molecule has 1 rings (SSSR count). The Balaban J connectivity index is 2.91. The van der Waals surface area contributed by atoms with Crippen molar-refractivity contribution in [3.8, 4) is 0 Å². The Morgan fingerprint density at radius 2 is 2.18 bits per heavy atom. The van der Waals surface area contributed by atoms with E-state index in [1.807, 2.05) is 13.8 Å². The molecule has 1 aliphatic rings. The molecule has 0 aromatic rings. The number of halogens is 2. The van der Waals surface area contributed by atoms with E-state index in [0.29, 0.717) is 5.03 Å². The maximum absolute atomic E-state index is 13.2. The van der Waals surface area contributed by atoms with Gasteiger partial charge in [-0.05, 0) is 24.3 Å². The highest BCUT2D eigenvalue weighted by molar-refractivity contribution is 6.31. The number of hydrogen-bond acceptors (Lipinski definition) is 0. The molecule has 0 atom stereocenters. The van der Waals surface area contributed by atoms with Crippen LogP contribution in [0.2, 0.25) is 0 Å². The monoisotopic (exact) mass is 174 g/mol. The van der Waals surface area contributed by atoms with Crippen LogP contribution in [0.25, 0.3) is 0 Å². The van der Waals surface area contributed by atoms with Crippen LogP contribution in [-0.2, 0) is 0 Å². The molecule has 0 bridgehead atoms. The van der Waals surface area contributed by atoms with Crippen LogP contribution in [0.15, 0.2) is 22.5 Å². The van der Waals surface area contributed by atoms with Gasteiger partial charge in [-0.2, -0.15) is 0 Å². The fourth-order valence-corrected chi connectivity index (χ4v) is 1.48. The lowest BCUT2D eigenvalue weighted by atomic mass is 9.94. The van der Waals surface area contributed by atoms with Gasteiger partial charge in [0.15, 0.2) is 0 Å². The highest BCUT2D eigenvalue weighted by Crippen LogP contribution is 2.32. The predicted octanol–water partition coefficient (Wildman–Crippen LogP) is 3.78. The van der Waals surface area contributed by atoms with E-state index in [0.717, 1.165) is 18.4 Å². The first-order valence-corrected chi connectivity index (χ1v) is 4.25. The Bertz CT molecular complexity index is 214. The predicted molar refractivity (Wildman–Crippen MR) is 46.1 cm³/mol. The number of rotatable bonds is 1. The lowest BCUT2D eigenvalue weighted by Gasteiger charge is -2.15. The molecule has 0 saturated heterocycles. The summed E-state index contributed by atoms with van der Waals surface area (Å²) in [6.07, 6.45) is 3.43. The minimum absolute atomic E-state index is 0.201. The third-order valence-electron chi connectivity index (χ3n) is 1.93. The van der Waals surface area contributed by atoms with Crippen molar-refractivity contribution in [3.05, 3.63) is 22.5 Å². The molecule has 0 aliphatic heterocycles. The molecule has 62 valence electrons. The standard InChI is InChI=1S/C9H12ClF/c1-6(2)7-4-3-5-8(10)9(7)11/h5-6H,3-4H2,1-2H3. The van der Waals surface area contributed by atoms with Gasteiger partial charge in [0.25, 0.3) is 0 Å². The molecule has 0 spiro atoms. The van der Waals surface area contributed by atoms with Crippen LogP contribution in [0.4, 0.5) is 4.39 Å². The first-order valence-electron chi connectivity index (χ1n) is 3.87. The number of allylic oxidation sites excluding steroid dienone is 4. The Kier molecular flexibility index (Phi) is 2.72. The molecule has 0 heterocycles. The summed E-state index contributed by atoms with van der Waals surface area (Å²) < 4.78 is 13.2. The summed E-state index contributed by atoms with van der Waals surface area (Å²) >= 11 is 5.63. The molecule has 11 heavy (non-hydrogen) atoms. The summed E-state index contributed by atoms with van der Waals surface area (Å²) in [6.45, 7) is 3.98. The van der Waals surface area contributed by atoms with E-state index in [4.69, 9.17) is 11.6 Å². The summed E-state index contributed by atoms with van der Waals surface area (Å²) in [7, 11) is 0. The van der Waals surface area contributed by atoms with E-state index in [9.17, 15) is 4.39 Å². The topological polar surface area (TPSA) is 0 Å². The molecular formula is C9H12ClF. The van der Waals surface area contributed by atoms with Crippen LogP contribution in [0.3, 0.4) is 0 Å². The van der Waals surface area contributed by atoms with Crippen LogP contribution in [0, 0.1) is 5.92 Å². The van der Waals surface area contributed by atoms with Gasteiger partial charge in [-0.15, -0.1) is 0 Å². The summed E-state index contributed by atoms with van der Waals surface area (Å²) in [5.41, 5.74) is 0.859. The van der Waals surface area contributed by atoms with Crippen LogP contribution >= 0.6 is 11.6 Å². The normalized spacial score (nSPS) is 19.2. The van der Waals surface area contributed by atoms with E-state index in [-0.39, 0.29) is 11.7 Å². The van der Waals surface area contributed by atoms with Gasteiger partial charge in [0.1, 0.15) is 5.83 Å². The first kappa shape index (κ1) is 8.79. The zero-order valence-electron chi connectivity index (χ0n) is 6.82. The Morgan fingerprint density at radius 3 is 2.64 bits per heavy atom. The minimum Gasteiger partial charge on any atom is -0.205 e. The molecule has 2 heteroatoms. The Morgan fingerprint density at radius 1 is 1.55 bits per heavy atom. The second-order valence-electron chi connectivity index (χ2n) is 3.08. The SMILES string of the molecule is CC(C)C1=C(F)C(Cl)=CCC1. The zero-order chi connectivity index (χ0) is 8.43. The Labute approximate surface area is 71.7 Å². The van der Waals surface area contributed by atoms with Crippen molar-refractivity contribution in [2.45, 2.75) is 26.7 Å². The highest BCUT2D eigenvalue weighted by Gasteiger charge is 2.16. The number of hydrogen-bond donors (Lipinski definition) is 0. The summed E-state index contributed by atoms with van der Waals surface area (Å²) in [5, 5.41) is 0.292. The summed E-state index contributed by atoms with van der Waals surface area (Å²) in [5.74, 6) is 0.0744. The third-order valence-corrected chi connectivity index (χ3v) is 2.25. The van der Waals surface area contributed by atoms with Crippen LogP contribution < -0.4 is 0 Å². The van der Waals surface area contributed by atoms with E-state index in [2.05, 4.69) is 0 Å². The van der Waals surface area contributed by atoms with Crippen molar-refractivity contribution in [2.75, 3.05) is 0 Å². The second-order valence-corrected chi connectivity index (χ2v) is 3.49. The highest BCUT2D eigenvalue weighted by atomic mass is 35.5. The van der Waals surface area contributed by atoms with Crippen molar-refractivity contribution < 1.29 is 4.39 Å². The van der Waals surface area contributed by atoms with Crippen molar-refractivity contribution in [1.82, 2.24) is 0 Å². The van der Waals surface area contributed by atoms with Gasteiger partial charge in [-0.25, -0.2) is 4.39 Å². The molecule has 0 amide bonds. The molecule has 0 N–H and O–H groups in total. The van der Waals surface area contributed by atoms with Gasteiger partial charge in [0, 0.05) is 0 Å². The van der Waals surface area contributed by atoms with Gasteiger partial charge in [-0.1, -0.05) is 31.5 Å². The lowest BCUT2D eigenvalue weighted by Crippen LogP contribution is -2.01. The van der Waals surface area contributed by atoms with Gasteiger partial charge >= 0.3 is 0 Å². The second kappa shape index (κ2) is 3.40. The van der Waals surface area contributed by atoms with Crippen molar-refractivity contribution in [1.29, 1.82) is 0 Å². The fraction of sp³-hybridized carbons (Fsp3) is 0.556. The molecule has 0 saturated carbocycles. The maximum Gasteiger partial charge on any atom is 0.140 e. The van der Waals surface area contributed by atoms with E-state index >= 15 is 0 Å².